The Morgan fingerprint density at radius 1 is 0.714 bits per heavy atom. The zero-order valence-corrected chi connectivity index (χ0v) is 21.3. The molecule has 1 N–H and O–H groups in total. The molecule has 35 heavy (non-hydrogen) atoms. The number of thiophene rings is 1. The van der Waals surface area contributed by atoms with Crippen molar-refractivity contribution in [2.75, 3.05) is 0 Å². The molecule has 4 aromatic carbocycles. The van der Waals surface area contributed by atoms with E-state index in [1.54, 1.807) is 13.8 Å². The lowest BCUT2D eigenvalue weighted by molar-refractivity contribution is -0.0893. The molecule has 6 rings (SSSR count). The molecule has 0 saturated heterocycles. The molecule has 0 aliphatic rings. The number of aromatic nitrogens is 1. The molecule has 0 fully saturated rings. The van der Waals surface area contributed by atoms with Gasteiger partial charge in [-0.3, -0.25) is 0 Å². The van der Waals surface area contributed by atoms with Gasteiger partial charge in [0.25, 0.3) is 0 Å². The number of para-hydroxylation sites is 1. The molecule has 2 heterocycles. The molecule has 174 valence electrons. The van der Waals surface area contributed by atoms with E-state index < -0.39 is 11.2 Å². The second-order valence-electron chi connectivity index (χ2n) is 10.3. The van der Waals surface area contributed by atoms with Gasteiger partial charge in [0, 0.05) is 36.6 Å². The topological polar surface area (TPSA) is 34.4 Å². The molecule has 6 aromatic rings. The number of rotatable bonds is 5. The van der Waals surface area contributed by atoms with E-state index in [9.17, 15) is 5.11 Å². The maximum absolute atomic E-state index is 10.5. The molecular weight excluding hydrogens is 449 g/mol. The van der Waals surface area contributed by atoms with Gasteiger partial charge in [-0.15, -0.1) is 11.3 Å². The molecule has 0 bridgehead atoms. The highest BCUT2D eigenvalue weighted by Gasteiger charge is 2.35. The van der Waals surface area contributed by atoms with Gasteiger partial charge in [0.2, 0.25) is 0 Å². The van der Waals surface area contributed by atoms with Crippen LogP contribution < -0.4 is 5.46 Å². The summed E-state index contributed by atoms with van der Waals surface area (Å²) in [7, 11) is 0.433. The van der Waals surface area contributed by atoms with E-state index in [4.69, 9.17) is 4.65 Å². The third-order valence-electron chi connectivity index (χ3n) is 7.43. The highest BCUT2D eigenvalue weighted by Crippen LogP contribution is 2.37. The first-order chi connectivity index (χ1) is 16.7. The summed E-state index contributed by atoms with van der Waals surface area (Å²) in [5, 5.41) is 15.6. The molecule has 2 aromatic heterocycles. The standard InChI is InChI=1S/C30H28BNO2S/c1-29(2,33)30(3,4)34-31-19-13-15-22-21-9-5-7-11-25(21)32(26(22)17-19)20-14-16-28-24(18-20)23-10-6-8-12-27(23)35-28/h5-18,31,33H,1-4H3. The van der Waals surface area contributed by atoms with Crippen LogP contribution in [0.2, 0.25) is 0 Å². The minimum absolute atomic E-state index is 0.433. The van der Waals surface area contributed by atoms with Gasteiger partial charge in [0.15, 0.2) is 0 Å². The fourth-order valence-corrected chi connectivity index (χ4v) is 5.76. The van der Waals surface area contributed by atoms with Crippen LogP contribution in [0.5, 0.6) is 0 Å². The Morgan fingerprint density at radius 3 is 2.20 bits per heavy atom. The van der Waals surface area contributed by atoms with E-state index in [1.807, 2.05) is 25.2 Å². The van der Waals surface area contributed by atoms with Crippen molar-refractivity contribution < 1.29 is 9.76 Å². The predicted octanol–water partition coefficient (Wildman–Crippen LogP) is 6.69. The molecule has 0 aliphatic carbocycles. The van der Waals surface area contributed by atoms with Gasteiger partial charge in [0.1, 0.15) is 0 Å². The third-order valence-corrected chi connectivity index (χ3v) is 8.58. The molecule has 0 saturated carbocycles. The Kier molecular flexibility index (Phi) is 5.08. The second-order valence-corrected chi connectivity index (χ2v) is 11.4. The molecule has 0 atom stereocenters. The van der Waals surface area contributed by atoms with Crippen molar-refractivity contribution in [2.24, 2.45) is 0 Å². The van der Waals surface area contributed by atoms with Gasteiger partial charge in [0.05, 0.1) is 22.2 Å². The van der Waals surface area contributed by atoms with E-state index in [1.165, 1.54) is 36.5 Å². The van der Waals surface area contributed by atoms with Crippen LogP contribution in [0.3, 0.4) is 0 Å². The Balaban J connectivity index is 1.53. The van der Waals surface area contributed by atoms with Gasteiger partial charge in [-0.1, -0.05) is 54.0 Å². The van der Waals surface area contributed by atoms with Gasteiger partial charge < -0.3 is 14.3 Å². The normalized spacial score (nSPS) is 12.8. The minimum Gasteiger partial charge on any atom is -0.427 e. The number of fused-ring (bicyclic) bond motifs is 6. The Morgan fingerprint density at radius 2 is 1.40 bits per heavy atom. The highest BCUT2D eigenvalue weighted by atomic mass is 32.1. The monoisotopic (exact) mass is 477 g/mol. The molecule has 0 aliphatic heterocycles. The van der Waals surface area contributed by atoms with E-state index in [2.05, 4.69) is 89.5 Å². The first-order valence-electron chi connectivity index (χ1n) is 12.0. The van der Waals surface area contributed by atoms with Crippen LogP contribution >= 0.6 is 11.3 Å². The van der Waals surface area contributed by atoms with Gasteiger partial charge >= 0.3 is 7.48 Å². The molecule has 0 radical (unpaired) electrons. The predicted molar refractivity (Wildman–Crippen MR) is 152 cm³/mol. The Hall–Kier alpha value is -3.12. The lowest BCUT2D eigenvalue weighted by Crippen LogP contribution is -2.49. The Labute approximate surface area is 209 Å². The molecule has 3 nitrogen and oxygen atoms in total. The smallest absolute Gasteiger partial charge is 0.309 e. The summed E-state index contributed by atoms with van der Waals surface area (Å²) in [6.45, 7) is 7.45. The summed E-state index contributed by atoms with van der Waals surface area (Å²) < 4.78 is 11.2. The van der Waals surface area contributed by atoms with Crippen LogP contribution in [0.15, 0.2) is 84.9 Å². The van der Waals surface area contributed by atoms with Gasteiger partial charge in [-0.2, -0.15) is 0 Å². The van der Waals surface area contributed by atoms with Crippen LogP contribution in [0, 0.1) is 0 Å². The fourth-order valence-electron chi connectivity index (χ4n) is 4.68. The van der Waals surface area contributed by atoms with E-state index in [-0.39, 0.29) is 0 Å². The van der Waals surface area contributed by atoms with Crippen LogP contribution in [0.4, 0.5) is 0 Å². The van der Waals surface area contributed by atoms with E-state index in [0.29, 0.717) is 7.48 Å². The first-order valence-corrected chi connectivity index (χ1v) is 12.8. The second kappa shape index (κ2) is 7.96. The lowest BCUT2D eigenvalue weighted by Gasteiger charge is -2.37. The zero-order chi connectivity index (χ0) is 24.4. The maximum atomic E-state index is 10.5. The average Bonchev–Trinajstić information content (AvgIpc) is 3.37. The molecule has 0 amide bonds. The van der Waals surface area contributed by atoms with Crippen LogP contribution in [-0.2, 0) is 4.65 Å². The summed E-state index contributed by atoms with van der Waals surface area (Å²) in [5.41, 5.74) is 2.98. The van der Waals surface area contributed by atoms with Crippen molar-refractivity contribution in [3.8, 4) is 5.69 Å². The highest BCUT2D eigenvalue weighted by molar-refractivity contribution is 7.25. The maximum Gasteiger partial charge on any atom is 0.309 e. The summed E-state index contributed by atoms with van der Waals surface area (Å²) in [4.78, 5) is 0. The van der Waals surface area contributed by atoms with Crippen molar-refractivity contribution in [3.63, 3.8) is 0 Å². The van der Waals surface area contributed by atoms with Crippen LogP contribution in [0.25, 0.3) is 47.7 Å². The SMILES string of the molecule is CC(C)(O)C(C)(C)OBc1ccc2c3ccccc3n(-c3ccc4sc5ccccc5c4c3)c2c1. The zero-order valence-electron chi connectivity index (χ0n) is 20.5. The number of aliphatic hydroxyl groups is 1. The summed E-state index contributed by atoms with van der Waals surface area (Å²) >= 11 is 1.84. The quantitative estimate of drug-likeness (QED) is 0.281. The Bertz CT molecular complexity index is 1720. The van der Waals surface area contributed by atoms with Crippen LogP contribution in [-0.4, -0.2) is 28.4 Å². The van der Waals surface area contributed by atoms with Crippen molar-refractivity contribution in [1.82, 2.24) is 4.57 Å². The van der Waals surface area contributed by atoms with Crippen LogP contribution in [0.1, 0.15) is 27.7 Å². The van der Waals surface area contributed by atoms with E-state index in [0.717, 1.165) is 16.7 Å². The third kappa shape index (κ3) is 3.66. The molecule has 5 heteroatoms. The fraction of sp³-hybridized carbons (Fsp3) is 0.200. The summed E-state index contributed by atoms with van der Waals surface area (Å²) in [6, 6.07) is 30.6. The van der Waals surface area contributed by atoms with Gasteiger partial charge in [-0.05, 0) is 64.1 Å². The number of hydrogen-bond acceptors (Lipinski definition) is 3. The van der Waals surface area contributed by atoms with Crippen molar-refractivity contribution in [1.29, 1.82) is 0 Å². The summed E-state index contributed by atoms with van der Waals surface area (Å²) in [6.07, 6.45) is 0. The van der Waals surface area contributed by atoms with Crippen molar-refractivity contribution in [2.45, 2.75) is 38.9 Å². The largest absolute Gasteiger partial charge is 0.427 e. The van der Waals surface area contributed by atoms with Crippen molar-refractivity contribution >= 4 is 66.3 Å². The van der Waals surface area contributed by atoms with Crippen molar-refractivity contribution in [3.05, 3.63) is 84.9 Å². The number of benzene rings is 4. The molecular formula is C30H28BNO2S. The van der Waals surface area contributed by atoms with Gasteiger partial charge in [-0.25, -0.2) is 0 Å². The lowest BCUT2D eigenvalue weighted by atomic mass is 9.82. The number of nitrogens with zero attached hydrogens (tertiary/aromatic N) is 1. The number of hydrogen-bond donors (Lipinski definition) is 1. The van der Waals surface area contributed by atoms with E-state index >= 15 is 0 Å². The molecule has 0 spiro atoms. The average molecular weight is 477 g/mol. The summed E-state index contributed by atoms with van der Waals surface area (Å²) in [5.74, 6) is 0. The molecule has 0 unspecified atom stereocenters. The minimum atomic E-state index is -0.940. The first kappa shape index (κ1) is 22.4.